The van der Waals surface area contributed by atoms with Crippen LogP contribution in [0.15, 0.2) is 36.5 Å². The van der Waals surface area contributed by atoms with Crippen LogP contribution < -0.4 is 10.5 Å². The summed E-state index contributed by atoms with van der Waals surface area (Å²) in [5.41, 5.74) is 7.45. The van der Waals surface area contributed by atoms with E-state index in [9.17, 15) is 4.79 Å². The molecule has 1 aromatic carbocycles. The molecule has 0 saturated heterocycles. The molecule has 0 aliphatic heterocycles. The molecule has 0 aliphatic rings. The summed E-state index contributed by atoms with van der Waals surface area (Å²) in [6, 6.07) is 8.41. The van der Waals surface area contributed by atoms with Gasteiger partial charge in [-0.2, -0.15) is 0 Å². The molecule has 0 saturated carbocycles. The van der Waals surface area contributed by atoms with Crippen molar-refractivity contribution in [2.75, 3.05) is 7.11 Å². The number of rotatable bonds is 3. The Balaban J connectivity index is 2.30. The van der Waals surface area contributed by atoms with Gasteiger partial charge in [-0.1, -0.05) is 23.2 Å². The summed E-state index contributed by atoms with van der Waals surface area (Å²) in [6.07, 6.45) is 1.46. The van der Waals surface area contributed by atoms with Crippen molar-refractivity contribution >= 4 is 40.0 Å². The maximum Gasteiger partial charge on any atom is 0.249 e. The number of nitrogens with two attached hydrogens (primary N) is 1. The molecule has 3 rings (SSSR count). The van der Waals surface area contributed by atoms with Crippen LogP contribution in [0.2, 0.25) is 10.2 Å². The maximum atomic E-state index is 11.6. The van der Waals surface area contributed by atoms with Crippen molar-refractivity contribution in [1.82, 2.24) is 9.97 Å². The summed E-state index contributed by atoms with van der Waals surface area (Å²) in [7, 11) is 1.53. The van der Waals surface area contributed by atoms with Crippen LogP contribution in [0.1, 0.15) is 10.4 Å². The van der Waals surface area contributed by atoms with Gasteiger partial charge in [0.15, 0.2) is 0 Å². The van der Waals surface area contributed by atoms with Gasteiger partial charge in [0.1, 0.15) is 16.4 Å². The normalized spacial score (nSPS) is 10.7. The minimum Gasteiger partial charge on any atom is -0.494 e. The third-order valence-corrected chi connectivity index (χ3v) is 3.90. The van der Waals surface area contributed by atoms with Crippen LogP contribution in [0.5, 0.6) is 5.75 Å². The van der Waals surface area contributed by atoms with Gasteiger partial charge in [-0.05, 0) is 30.3 Å². The summed E-state index contributed by atoms with van der Waals surface area (Å²) >= 11 is 12.1. The predicted octanol–water partition coefficient (Wildman–Crippen LogP) is 3.71. The second-order valence-electron chi connectivity index (χ2n) is 4.76. The Morgan fingerprint density at radius 3 is 2.70 bits per heavy atom. The average Bonchev–Trinajstić information content (AvgIpc) is 2.55. The predicted molar refractivity (Wildman–Crippen MR) is 90.1 cm³/mol. The summed E-state index contributed by atoms with van der Waals surface area (Å²) in [5.74, 6) is -0.00684. The highest BCUT2D eigenvalue weighted by Crippen LogP contribution is 2.32. The van der Waals surface area contributed by atoms with Gasteiger partial charge in [-0.15, -0.1) is 0 Å². The van der Waals surface area contributed by atoms with E-state index in [4.69, 9.17) is 33.7 Å². The Kier molecular flexibility index (Phi) is 4.07. The number of benzene rings is 1. The van der Waals surface area contributed by atoms with Crippen molar-refractivity contribution < 1.29 is 9.53 Å². The number of carbonyl (C=O) groups excluding carboxylic acids is 1. The van der Waals surface area contributed by atoms with E-state index in [2.05, 4.69) is 9.97 Å². The van der Waals surface area contributed by atoms with Crippen LogP contribution in [0.4, 0.5) is 0 Å². The molecule has 7 heteroatoms. The van der Waals surface area contributed by atoms with E-state index < -0.39 is 5.91 Å². The lowest BCUT2D eigenvalue weighted by molar-refractivity contribution is 0.100. The van der Waals surface area contributed by atoms with E-state index in [1.165, 1.54) is 13.3 Å². The molecule has 0 radical (unpaired) electrons. The summed E-state index contributed by atoms with van der Waals surface area (Å²) in [4.78, 5) is 20.1. The van der Waals surface area contributed by atoms with Crippen molar-refractivity contribution in [2.45, 2.75) is 0 Å². The molecule has 0 spiro atoms. The molecular formula is C16H11Cl2N3O2. The van der Waals surface area contributed by atoms with E-state index >= 15 is 0 Å². The van der Waals surface area contributed by atoms with Crippen LogP contribution in [0.3, 0.4) is 0 Å². The van der Waals surface area contributed by atoms with E-state index in [0.717, 1.165) is 0 Å². The lowest BCUT2D eigenvalue weighted by Crippen LogP contribution is -2.11. The molecule has 2 heterocycles. The molecular weight excluding hydrogens is 337 g/mol. The van der Waals surface area contributed by atoms with Crippen LogP contribution in [0, 0.1) is 0 Å². The van der Waals surface area contributed by atoms with Gasteiger partial charge in [-0.25, -0.2) is 9.97 Å². The number of hydrogen-bond donors (Lipinski definition) is 1. The fourth-order valence-corrected chi connectivity index (χ4v) is 2.68. The molecule has 2 N–H and O–H groups in total. The van der Waals surface area contributed by atoms with E-state index in [-0.39, 0.29) is 5.15 Å². The molecule has 0 fully saturated rings. The third kappa shape index (κ3) is 2.81. The van der Waals surface area contributed by atoms with Crippen molar-refractivity contribution in [3.8, 4) is 17.0 Å². The van der Waals surface area contributed by atoms with Crippen molar-refractivity contribution in [3.63, 3.8) is 0 Å². The number of hydrogen-bond acceptors (Lipinski definition) is 4. The largest absolute Gasteiger partial charge is 0.494 e. The third-order valence-electron chi connectivity index (χ3n) is 3.39. The lowest BCUT2D eigenvalue weighted by atomic mass is 10.1. The zero-order valence-corrected chi connectivity index (χ0v) is 13.5. The summed E-state index contributed by atoms with van der Waals surface area (Å²) in [5, 5.41) is 1.34. The number of halogens is 2. The molecule has 2 aromatic heterocycles. The van der Waals surface area contributed by atoms with Gasteiger partial charge in [0, 0.05) is 22.7 Å². The quantitative estimate of drug-likeness (QED) is 0.732. The Labute approximate surface area is 142 Å². The minimum absolute atomic E-state index is 0.284. The van der Waals surface area contributed by atoms with Crippen LogP contribution in [-0.2, 0) is 0 Å². The molecule has 0 unspecified atom stereocenters. The van der Waals surface area contributed by atoms with Gasteiger partial charge in [0.2, 0.25) is 5.91 Å². The number of ether oxygens (including phenoxy) is 1. The van der Waals surface area contributed by atoms with Gasteiger partial charge in [0.05, 0.1) is 17.8 Å². The Morgan fingerprint density at radius 1 is 1.22 bits per heavy atom. The van der Waals surface area contributed by atoms with Crippen molar-refractivity contribution in [1.29, 1.82) is 0 Å². The zero-order valence-electron chi connectivity index (χ0n) is 12.0. The first-order valence-electron chi connectivity index (χ1n) is 6.60. The van der Waals surface area contributed by atoms with E-state index in [0.29, 0.717) is 38.5 Å². The first-order chi connectivity index (χ1) is 11.0. The second-order valence-corrected chi connectivity index (χ2v) is 5.56. The van der Waals surface area contributed by atoms with Gasteiger partial charge in [-0.3, -0.25) is 4.79 Å². The van der Waals surface area contributed by atoms with Crippen LogP contribution in [0.25, 0.3) is 22.2 Å². The van der Waals surface area contributed by atoms with Crippen LogP contribution >= 0.6 is 23.2 Å². The van der Waals surface area contributed by atoms with E-state index in [1.807, 2.05) is 0 Å². The minimum atomic E-state index is -0.533. The Bertz CT molecular complexity index is 929. The topological polar surface area (TPSA) is 78.1 Å². The number of aromatic nitrogens is 2. The number of nitrogens with zero attached hydrogens (tertiary/aromatic N) is 2. The molecule has 3 aromatic rings. The molecule has 5 nitrogen and oxygen atoms in total. The lowest BCUT2D eigenvalue weighted by Gasteiger charge is -2.10. The van der Waals surface area contributed by atoms with Crippen LogP contribution in [-0.4, -0.2) is 23.0 Å². The van der Waals surface area contributed by atoms with Crippen molar-refractivity contribution in [2.24, 2.45) is 5.73 Å². The number of methoxy groups -OCH3 is 1. The number of primary amides is 1. The highest BCUT2D eigenvalue weighted by Gasteiger charge is 2.14. The summed E-state index contributed by atoms with van der Waals surface area (Å²) in [6.45, 7) is 0. The fourth-order valence-electron chi connectivity index (χ4n) is 2.32. The first-order valence-corrected chi connectivity index (χ1v) is 7.36. The summed E-state index contributed by atoms with van der Waals surface area (Å²) < 4.78 is 5.32. The SMILES string of the molecule is COc1ccc(C(N)=O)c2ccc(-c3cc(Cl)cnc3Cl)nc12. The number of carbonyl (C=O) groups is 1. The van der Waals surface area contributed by atoms with Gasteiger partial charge < -0.3 is 10.5 Å². The number of amides is 1. The molecule has 1 amide bonds. The van der Waals surface area contributed by atoms with E-state index in [1.54, 1.807) is 30.3 Å². The van der Waals surface area contributed by atoms with Gasteiger partial charge in [0.25, 0.3) is 0 Å². The number of pyridine rings is 2. The standard InChI is InChI=1S/C16H11Cl2N3O2/c1-23-13-5-3-10(16(19)22)9-2-4-12(21-14(9)13)11-6-8(17)7-20-15(11)18/h2-7H,1H3,(H2,19,22). The molecule has 116 valence electrons. The second kappa shape index (κ2) is 6.02. The maximum absolute atomic E-state index is 11.6. The Morgan fingerprint density at radius 2 is 2.00 bits per heavy atom. The van der Waals surface area contributed by atoms with Crippen molar-refractivity contribution in [3.05, 3.63) is 52.3 Å². The molecule has 0 bridgehead atoms. The number of fused-ring (bicyclic) bond motifs is 1. The first kappa shape index (κ1) is 15.5. The molecule has 23 heavy (non-hydrogen) atoms. The zero-order chi connectivity index (χ0) is 16.6. The molecule has 0 atom stereocenters. The smallest absolute Gasteiger partial charge is 0.249 e. The van der Waals surface area contributed by atoms with Gasteiger partial charge >= 0.3 is 0 Å². The highest BCUT2D eigenvalue weighted by molar-refractivity contribution is 6.34. The highest BCUT2D eigenvalue weighted by atomic mass is 35.5. The Hall–Kier alpha value is -2.37. The molecule has 0 aliphatic carbocycles. The fraction of sp³-hybridized carbons (Fsp3) is 0.0625. The average molecular weight is 348 g/mol. The monoisotopic (exact) mass is 347 g/mol.